The molecule has 0 N–H and O–H groups in total. The van der Waals surface area contributed by atoms with Gasteiger partial charge < -0.3 is 56.8 Å². The summed E-state index contributed by atoms with van der Waals surface area (Å²) < 4.78 is 64.2. The van der Waals surface area contributed by atoms with Gasteiger partial charge in [-0.3, -0.25) is 28.8 Å². The number of esters is 10. The van der Waals surface area contributed by atoms with E-state index in [1.807, 2.05) is 0 Å². The first kappa shape index (κ1) is 64.4. The van der Waals surface area contributed by atoms with E-state index in [1.54, 1.807) is 0 Å². The molecule has 0 heterocycles. The van der Waals surface area contributed by atoms with E-state index in [2.05, 4.69) is 13.2 Å². The van der Waals surface area contributed by atoms with Crippen LogP contribution in [0.3, 0.4) is 0 Å². The first-order valence-corrected chi connectivity index (χ1v) is 27.5. The highest BCUT2D eigenvalue weighted by molar-refractivity contribution is 5.95. The van der Waals surface area contributed by atoms with Crippen LogP contribution in [0.4, 0.5) is 0 Å². The molecule has 81 heavy (non-hydrogen) atoms. The lowest BCUT2D eigenvalue weighted by atomic mass is 9.80. The maximum absolute atomic E-state index is 13.7. The molecular weight excluding hydrogens is 1060 g/mol. The van der Waals surface area contributed by atoms with E-state index in [-0.39, 0.29) is 137 Å². The Bertz CT molecular complexity index is 2500. The van der Waals surface area contributed by atoms with E-state index in [0.29, 0.717) is 70.6 Å². The number of carbonyl (C=O) groups excluding carboxylic acids is 10. The molecule has 22 nitrogen and oxygen atoms in total. The molecule has 0 aromatic heterocycles. The van der Waals surface area contributed by atoms with E-state index < -0.39 is 77.4 Å². The van der Waals surface area contributed by atoms with Crippen molar-refractivity contribution in [2.45, 2.75) is 109 Å². The van der Waals surface area contributed by atoms with Crippen molar-refractivity contribution in [1.82, 2.24) is 0 Å². The largest absolute Gasteiger partial charge is 0.466 e. The summed E-state index contributed by atoms with van der Waals surface area (Å²) in [5.41, 5.74) is -0.362. The smallest absolute Gasteiger partial charge is 0.342 e. The van der Waals surface area contributed by atoms with Gasteiger partial charge in [0, 0.05) is 32.8 Å². The zero-order valence-corrected chi connectivity index (χ0v) is 46.2. The molecule has 0 spiro atoms. The SMILES string of the molecule is C=CC(=O)OCCCCOC(=O)CC1CCCC(C(=O)Oc2ccc(OC(=O)C3CCC(C(=O)Oc4ccc(OC(=O)C5CCC(C(=O)OCCCCOC(=O)C=C)CC5)cc4C(=O)OCCOC)CC3)c(C(=O)OCCOC)c2)C1. The summed E-state index contributed by atoms with van der Waals surface area (Å²) in [6, 6.07) is 7.93. The Morgan fingerprint density at radius 1 is 0.432 bits per heavy atom. The molecule has 3 fully saturated rings. The van der Waals surface area contributed by atoms with Gasteiger partial charge in [-0.2, -0.15) is 0 Å². The predicted octanol–water partition coefficient (Wildman–Crippen LogP) is 7.53. The molecule has 2 unspecified atom stereocenters. The van der Waals surface area contributed by atoms with Crippen LogP contribution in [0.1, 0.15) is 130 Å². The molecule has 3 saturated carbocycles. The Balaban J connectivity index is 1.12. The van der Waals surface area contributed by atoms with E-state index in [4.69, 9.17) is 56.8 Å². The van der Waals surface area contributed by atoms with Crippen LogP contribution in [0.5, 0.6) is 23.0 Å². The highest BCUT2D eigenvalue weighted by Gasteiger charge is 2.36. The average molecular weight is 1140 g/mol. The molecule has 22 heteroatoms. The van der Waals surface area contributed by atoms with Crippen LogP contribution in [0, 0.1) is 35.5 Å². The van der Waals surface area contributed by atoms with Gasteiger partial charge in [-0.05, 0) is 139 Å². The summed E-state index contributed by atoms with van der Waals surface area (Å²) in [7, 11) is 2.86. The van der Waals surface area contributed by atoms with Crippen molar-refractivity contribution >= 4 is 59.7 Å². The Labute approximate surface area is 470 Å². The Morgan fingerprint density at radius 2 is 0.827 bits per heavy atom. The third kappa shape index (κ3) is 21.8. The first-order valence-electron chi connectivity index (χ1n) is 27.5. The first-order chi connectivity index (χ1) is 39.1. The summed E-state index contributed by atoms with van der Waals surface area (Å²) in [5, 5.41) is 0. The third-order valence-electron chi connectivity index (χ3n) is 14.0. The van der Waals surface area contributed by atoms with E-state index in [0.717, 1.165) is 18.6 Å². The van der Waals surface area contributed by atoms with Crippen LogP contribution >= 0.6 is 0 Å². The molecule has 3 aliphatic carbocycles. The van der Waals surface area contributed by atoms with E-state index in [1.165, 1.54) is 50.6 Å². The minimum Gasteiger partial charge on any atom is -0.466 e. The molecule has 2 aromatic carbocycles. The minimum absolute atomic E-state index is 0.00237. The second-order valence-corrected chi connectivity index (χ2v) is 19.8. The Hall–Kier alpha value is -7.46. The van der Waals surface area contributed by atoms with Crippen LogP contribution in [0.25, 0.3) is 0 Å². The van der Waals surface area contributed by atoms with Crippen molar-refractivity contribution in [2.24, 2.45) is 35.5 Å². The molecule has 2 aromatic rings. The van der Waals surface area contributed by atoms with Gasteiger partial charge in [-0.1, -0.05) is 19.6 Å². The molecule has 5 rings (SSSR count). The number of hydrogen-bond acceptors (Lipinski definition) is 22. The number of hydrogen-bond donors (Lipinski definition) is 0. The highest BCUT2D eigenvalue weighted by Crippen LogP contribution is 2.37. The number of ether oxygens (including phenoxy) is 12. The average Bonchev–Trinajstić information content (AvgIpc) is 3.48. The quantitative estimate of drug-likeness (QED) is 0.0232. The molecule has 2 atom stereocenters. The van der Waals surface area contributed by atoms with Crippen molar-refractivity contribution in [3.63, 3.8) is 0 Å². The van der Waals surface area contributed by atoms with Crippen LogP contribution in [0.2, 0.25) is 0 Å². The van der Waals surface area contributed by atoms with Crippen molar-refractivity contribution < 1.29 is 105 Å². The van der Waals surface area contributed by atoms with Gasteiger partial charge in [0.05, 0.1) is 69.2 Å². The number of benzene rings is 2. The maximum Gasteiger partial charge on any atom is 0.342 e. The van der Waals surface area contributed by atoms with Crippen molar-refractivity contribution in [3.05, 3.63) is 72.8 Å². The van der Waals surface area contributed by atoms with Gasteiger partial charge in [0.25, 0.3) is 0 Å². The van der Waals surface area contributed by atoms with Gasteiger partial charge in [0.1, 0.15) is 47.3 Å². The summed E-state index contributed by atoms with van der Waals surface area (Å²) in [4.78, 5) is 128. The third-order valence-corrected chi connectivity index (χ3v) is 14.0. The molecule has 3 aliphatic rings. The molecule has 442 valence electrons. The van der Waals surface area contributed by atoms with E-state index >= 15 is 0 Å². The highest BCUT2D eigenvalue weighted by atomic mass is 16.6. The zero-order valence-electron chi connectivity index (χ0n) is 46.2. The van der Waals surface area contributed by atoms with Crippen LogP contribution in [-0.2, 0) is 76.3 Å². The molecule has 0 bridgehead atoms. The summed E-state index contributed by atoms with van der Waals surface area (Å²) in [5.74, 6) is -9.18. The topological polar surface area (TPSA) is 281 Å². The lowest BCUT2D eigenvalue weighted by molar-refractivity contribution is -0.152. The number of methoxy groups -OCH3 is 2. The lowest BCUT2D eigenvalue weighted by Crippen LogP contribution is -2.31. The fraction of sp³-hybridized carbons (Fsp3) is 0.559. The summed E-state index contributed by atoms with van der Waals surface area (Å²) in [6.45, 7) is 7.32. The monoisotopic (exact) mass is 1130 g/mol. The molecule has 0 amide bonds. The van der Waals surface area contributed by atoms with Gasteiger partial charge >= 0.3 is 59.7 Å². The van der Waals surface area contributed by atoms with E-state index in [9.17, 15) is 47.9 Å². The fourth-order valence-electron chi connectivity index (χ4n) is 9.48. The normalized spacial score (nSPS) is 19.5. The van der Waals surface area contributed by atoms with Crippen LogP contribution in [0.15, 0.2) is 61.7 Å². The van der Waals surface area contributed by atoms with Crippen LogP contribution < -0.4 is 18.9 Å². The van der Waals surface area contributed by atoms with Crippen LogP contribution in [-0.4, -0.2) is 127 Å². The predicted molar refractivity (Wildman–Crippen MR) is 283 cm³/mol. The standard InChI is InChI=1S/C59H74O22/c1-5-50(60)72-26-7-8-28-74-52(62)35-38-12-11-13-43(34-38)57(67)79-45-23-25-49(47(37-45)59(69)77-33-31-71-4)81-56(66)42-20-18-41(19-21-42)55(65)80-48-24-22-44(36-46(48)58(68)76-32-30-70-3)78-54(64)40-16-14-39(15-17-40)53(63)75-29-10-9-27-73-51(61)6-2/h5-6,22-25,36-43H,1-2,7-21,26-35H2,3-4H3. The number of rotatable bonds is 31. The summed E-state index contributed by atoms with van der Waals surface area (Å²) in [6.07, 6.45) is 9.03. The van der Waals surface area contributed by atoms with Gasteiger partial charge in [0.15, 0.2) is 0 Å². The lowest BCUT2D eigenvalue weighted by Gasteiger charge is -2.27. The second-order valence-electron chi connectivity index (χ2n) is 19.8. The summed E-state index contributed by atoms with van der Waals surface area (Å²) >= 11 is 0. The Kier molecular flexibility index (Phi) is 27.5. The molecule has 0 saturated heterocycles. The maximum atomic E-state index is 13.7. The molecule has 0 aliphatic heterocycles. The number of unbranched alkanes of at least 4 members (excludes halogenated alkanes) is 2. The van der Waals surface area contributed by atoms with Gasteiger partial charge in [0.2, 0.25) is 0 Å². The fourth-order valence-corrected chi connectivity index (χ4v) is 9.48. The van der Waals surface area contributed by atoms with Crippen molar-refractivity contribution in [3.8, 4) is 23.0 Å². The second kappa shape index (κ2) is 34.6. The number of carbonyl (C=O) groups is 10. The van der Waals surface area contributed by atoms with Crippen molar-refractivity contribution in [1.29, 1.82) is 0 Å². The molecule has 0 radical (unpaired) electrons. The van der Waals surface area contributed by atoms with Gasteiger partial charge in [-0.25, -0.2) is 19.2 Å². The minimum atomic E-state index is -0.866. The zero-order chi connectivity index (χ0) is 58.5. The van der Waals surface area contributed by atoms with Crippen molar-refractivity contribution in [2.75, 3.05) is 67.1 Å². The Morgan fingerprint density at radius 3 is 1.26 bits per heavy atom. The van der Waals surface area contributed by atoms with Gasteiger partial charge in [-0.15, -0.1) is 0 Å². The molecular formula is C59H74O22.